The van der Waals surface area contributed by atoms with Gasteiger partial charge in [0, 0.05) is 10.9 Å². The van der Waals surface area contributed by atoms with E-state index in [0.29, 0.717) is 16.6 Å². The second-order valence-electron chi connectivity index (χ2n) is 5.11. The van der Waals surface area contributed by atoms with E-state index in [1.807, 2.05) is 37.3 Å². The molecule has 0 bridgehead atoms. The van der Waals surface area contributed by atoms with Gasteiger partial charge < -0.3 is 10.3 Å². The summed E-state index contributed by atoms with van der Waals surface area (Å²) in [5.41, 5.74) is 1.85. The van der Waals surface area contributed by atoms with Gasteiger partial charge in [-0.3, -0.25) is 4.79 Å². The van der Waals surface area contributed by atoms with Gasteiger partial charge in [0.1, 0.15) is 5.69 Å². The van der Waals surface area contributed by atoms with E-state index in [1.165, 1.54) is 12.1 Å². The minimum absolute atomic E-state index is 0.0381. The molecule has 3 rings (SSSR count). The minimum Gasteiger partial charge on any atom is -0.350 e. The van der Waals surface area contributed by atoms with Crippen LogP contribution in [0.15, 0.2) is 48.5 Å². The molecule has 3 nitrogen and oxygen atoms in total. The van der Waals surface area contributed by atoms with E-state index >= 15 is 0 Å². The van der Waals surface area contributed by atoms with Crippen LogP contribution in [0.3, 0.4) is 0 Å². The van der Waals surface area contributed by atoms with Crippen LogP contribution in [0.1, 0.15) is 29.0 Å². The Morgan fingerprint density at radius 1 is 1.23 bits per heavy atom. The number of hydrogen-bond acceptors (Lipinski definition) is 1. The number of carbonyl (C=O) groups excluding carboxylic acids is 1. The number of aromatic amines is 1. The standard InChI is InChI=1S/C17H14ClFN2O/c1-10(11-5-3-2-4-6-11)20-17(22)15-9-12-14(21-15)8-7-13(18)16(12)19/h2-10,21H,1H3,(H,20,22)/t10-/m1/s1. The lowest BCUT2D eigenvalue weighted by atomic mass is 10.1. The maximum Gasteiger partial charge on any atom is 0.268 e. The van der Waals surface area contributed by atoms with E-state index in [1.54, 1.807) is 6.07 Å². The van der Waals surface area contributed by atoms with Crippen molar-refractivity contribution in [3.63, 3.8) is 0 Å². The molecule has 1 heterocycles. The highest BCUT2D eigenvalue weighted by Gasteiger charge is 2.16. The van der Waals surface area contributed by atoms with E-state index in [-0.39, 0.29) is 17.0 Å². The van der Waals surface area contributed by atoms with Crippen LogP contribution in [-0.4, -0.2) is 10.9 Å². The largest absolute Gasteiger partial charge is 0.350 e. The number of rotatable bonds is 3. The third-order valence-electron chi connectivity index (χ3n) is 3.58. The Hall–Kier alpha value is -2.33. The van der Waals surface area contributed by atoms with Crippen molar-refractivity contribution in [1.82, 2.24) is 10.3 Å². The molecule has 1 atom stereocenters. The summed E-state index contributed by atoms with van der Waals surface area (Å²) >= 11 is 5.75. The summed E-state index contributed by atoms with van der Waals surface area (Å²) in [6.07, 6.45) is 0. The first-order valence-electron chi connectivity index (χ1n) is 6.89. The van der Waals surface area contributed by atoms with E-state index in [0.717, 1.165) is 5.56 Å². The van der Waals surface area contributed by atoms with Gasteiger partial charge in [-0.25, -0.2) is 4.39 Å². The summed E-state index contributed by atoms with van der Waals surface area (Å²) in [5.74, 6) is -0.811. The van der Waals surface area contributed by atoms with Gasteiger partial charge in [0.15, 0.2) is 5.82 Å². The summed E-state index contributed by atoms with van der Waals surface area (Å²) in [7, 11) is 0. The Kier molecular flexibility index (Phi) is 3.86. The number of halogens is 2. The van der Waals surface area contributed by atoms with Gasteiger partial charge in [0.2, 0.25) is 0 Å². The maximum absolute atomic E-state index is 13.9. The minimum atomic E-state index is -0.523. The fraction of sp³-hybridized carbons (Fsp3) is 0.118. The Labute approximate surface area is 132 Å². The third-order valence-corrected chi connectivity index (χ3v) is 3.87. The molecule has 0 aliphatic heterocycles. The van der Waals surface area contributed by atoms with Gasteiger partial charge in [-0.2, -0.15) is 0 Å². The van der Waals surface area contributed by atoms with Gasteiger partial charge in [-0.15, -0.1) is 0 Å². The van der Waals surface area contributed by atoms with Crippen LogP contribution >= 0.6 is 11.6 Å². The Bertz CT molecular complexity index is 829. The van der Waals surface area contributed by atoms with Gasteiger partial charge in [0.25, 0.3) is 5.91 Å². The monoisotopic (exact) mass is 316 g/mol. The molecule has 0 saturated heterocycles. The number of hydrogen-bond donors (Lipinski definition) is 2. The van der Waals surface area contributed by atoms with Gasteiger partial charge in [0.05, 0.1) is 11.1 Å². The zero-order valence-corrected chi connectivity index (χ0v) is 12.6. The molecule has 0 saturated carbocycles. The van der Waals surface area contributed by atoms with Crippen molar-refractivity contribution < 1.29 is 9.18 Å². The second-order valence-corrected chi connectivity index (χ2v) is 5.52. The molecule has 0 unspecified atom stereocenters. The molecular weight excluding hydrogens is 303 g/mol. The molecular formula is C17H14ClFN2O. The first-order valence-corrected chi connectivity index (χ1v) is 7.26. The van der Waals surface area contributed by atoms with Crippen LogP contribution in [0.25, 0.3) is 10.9 Å². The predicted octanol–water partition coefficient (Wildman–Crippen LogP) is 4.45. The van der Waals surface area contributed by atoms with Crippen LogP contribution in [0, 0.1) is 5.82 Å². The number of amides is 1. The summed E-state index contributed by atoms with van der Waals surface area (Å²) in [6.45, 7) is 1.90. The summed E-state index contributed by atoms with van der Waals surface area (Å²) in [4.78, 5) is 15.2. The molecule has 22 heavy (non-hydrogen) atoms. The van der Waals surface area contributed by atoms with E-state index in [2.05, 4.69) is 10.3 Å². The fourth-order valence-electron chi connectivity index (χ4n) is 2.36. The molecule has 0 spiro atoms. The third kappa shape index (κ3) is 2.70. The highest BCUT2D eigenvalue weighted by molar-refractivity contribution is 6.31. The normalized spacial score (nSPS) is 12.3. The summed E-state index contributed by atoms with van der Waals surface area (Å²) < 4.78 is 13.9. The topological polar surface area (TPSA) is 44.9 Å². The highest BCUT2D eigenvalue weighted by atomic mass is 35.5. The first kappa shape index (κ1) is 14.6. The van der Waals surface area contributed by atoms with Crippen LogP contribution in [0.5, 0.6) is 0 Å². The van der Waals surface area contributed by atoms with Crippen molar-refractivity contribution in [2.75, 3.05) is 0 Å². The maximum atomic E-state index is 13.9. The van der Waals surface area contributed by atoms with E-state index < -0.39 is 5.82 Å². The molecule has 0 aliphatic rings. The lowest BCUT2D eigenvalue weighted by molar-refractivity contribution is 0.0935. The fourth-order valence-corrected chi connectivity index (χ4v) is 2.53. The molecule has 112 valence electrons. The second kappa shape index (κ2) is 5.81. The number of aromatic nitrogens is 1. The molecule has 2 aromatic carbocycles. The molecule has 0 fully saturated rings. The summed E-state index contributed by atoms with van der Waals surface area (Å²) in [5, 5.41) is 3.23. The van der Waals surface area contributed by atoms with Crippen LogP contribution in [0.4, 0.5) is 4.39 Å². The average molecular weight is 317 g/mol. The number of nitrogens with one attached hydrogen (secondary N) is 2. The zero-order valence-electron chi connectivity index (χ0n) is 11.9. The average Bonchev–Trinajstić information content (AvgIpc) is 2.97. The van der Waals surface area contributed by atoms with E-state index in [4.69, 9.17) is 11.6 Å². The van der Waals surface area contributed by atoms with Gasteiger partial charge in [-0.05, 0) is 30.7 Å². The van der Waals surface area contributed by atoms with Crippen molar-refractivity contribution in [3.8, 4) is 0 Å². The predicted molar refractivity (Wildman–Crippen MR) is 85.6 cm³/mol. The van der Waals surface area contributed by atoms with Crippen molar-refractivity contribution in [2.45, 2.75) is 13.0 Å². The smallest absolute Gasteiger partial charge is 0.268 e. The van der Waals surface area contributed by atoms with Crippen LogP contribution in [0.2, 0.25) is 5.02 Å². The Morgan fingerprint density at radius 3 is 2.68 bits per heavy atom. The Morgan fingerprint density at radius 2 is 1.95 bits per heavy atom. The van der Waals surface area contributed by atoms with Crippen molar-refractivity contribution in [1.29, 1.82) is 0 Å². The van der Waals surface area contributed by atoms with Gasteiger partial charge in [-0.1, -0.05) is 41.9 Å². The van der Waals surface area contributed by atoms with Gasteiger partial charge >= 0.3 is 0 Å². The number of H-pyrrole nitrogens is 1. The van der Waals surface area contributed by atoms with Crippen molar-refractivity contribution >= 4 is 28.4 Å². The number of benzene rings is 2. The van der Waals surface area contributed by atoms with Crippen LogP contribution in [-0.2, 0) is 0 Å². The van der Waals surface area contributed by atoms with Crippen molar-refractivity contribution in [3.05, 3.63) is 70.6 Å². The summed E-state index contributed by atoms with van der Waals surface area (Å²) in [6, 6.07) is 14.1. The molecule has 1 aromatic heterocycles. The first-order chi connectivity index (χ1) is 10.6. The van der Waals surface area contributed by atoms with E-state index in [9.17, 15) is 9.18 Å². The van der Waals surface area contributed by atoms with Crippen molar-refractivity contribution in [2.24, 2.45) is 0 Å². The number of fused-ring (bicyclic) bond motifs is 1. The zero-order chi connectivity index (χ0) is 15.7. The molecule has 1 amide bonds. The number of carbonyl (C=O) groups is 1. The molecule has 0 radical (unpaired) electrons. The molecule has 5 heteroatoms. The Balaban J connectivity index is 1.85. The molecule has 2 N–H and O–H groups in total. The highest BCUT2D eigenvalue weighted by Crippen LogP contribution is 2.25. The quantitative estimate of drug-likeness (QED) is 0.736. The lowest BCUT2D eigenvalue weighted by Gasteiger charge is -2.13. The van der Waals surface area contributed by atoms with Crippen LogP contribution < -0.4 is 5.32 Å². The SMILES string of the molecule is C[C@@H](NC(=O)c1cc2c(F)c(Cl)ccc2[nH]1)c1ccccc1. The molecule has 3 aromatic rings. The molecule has 0 aliphatic carbocycles. The lowest BCUT2D eigenvalue weighted by Crippen LogP contribution is -2.26.